The maximum Gasteiger partial charge on any atom is 0.147 e. The van der Waals surface area contributed by atoms with Gasteiger partial charge in [-0.25, -0.2) is 0 Å². The lowest BCUT2D eigenvalue weighted by Gasteiger charge is -2.13. The molecule has 108 valence electrons. The second-order valence-electron chi connectivity index (χ2n) is 4.53. The molecular weight excluding hydrogens is 374 g/mol. The SMILES string of the molecule is CCCOCCOc1c(Br)cc(CC(C)N)cc1Br. The van der Waals surface area contributed by atoms with E-state index in [1.807, 2.05) is 6.92 Å². The van der Waals surface area contributed by atoms with E-state index in [2.05, 4.69) is 50.9 Å². The van der Waals surface area contributed by atoms with E-state index in [1.165, 1.54) is 5.56 Å². The van der Waals surface area contributed by atoms with E-state index in [9.17, 15) is 0 Å². The fourth-order valence-electron chi connectivity index (χ4n) is 1.69. The van der Waals surface area contributed by atoms with E-state index in [0.717, 1.165) is 34.1 Å². The van der Waals surface area contributed by atoms with Crippen LogP contribution in [-0.4, -0.2) is 25.9 Å². The second kappa shape index (κ2) is 8.95. The Kier molecular flexibility index (Phi) is 7.99. The first-order valence-corrected chi connectivity index (χ1v) is 8.07. The van der Waals surface area contributed by atoms with Crippen LogP contribution in [0.15, 0.2) is 21.1 Å². The molecule has 19 heavy (non-hydrogen) atoms. The molecule has 0 fully saturated rings. The summed E-state index contributed by atoms with van der Waals surface area (Å²) < 4.78 is 13.0. The largest absolute Gasteiger partial charge is 0.489 e. The molecule has 1 aromatic rings. The highest BCUT2D eigenvalue weighted by Gasteiger charge is 2.10. The van der Waals surface area contributed by atoms with Crippen LogP contribution in [0.5, 0.6) is 5.75 Å². The molecule has 0 radical (unpaired) electrons. The van der Waals surface area contributed by atoms with Gasteiger partial charge in [0.2, 0.25) is 0 Å². The van der Waals surface area contributed by atoms with Gasteiger partial charge in [-0.3, -0.25) is 0 Å². The summed E-state index contributed by atoms with van der Waals surface area (Å²) >= 11 is 7.07. The van der Waals surface area contributed by atoms with Crippen molar-refractivity contribution in [1.29, 1.82) is 0 Å². The molecule has 0 amide bonds. The smallest absolute Gasteiger partial charge is 0.147 e. The molecule has 0 heterocycles. The van der Waals surface area contributed by atoms with Crippen LogP contribution in [0.4, 0.5) is 0 Å². The van der Waals surface area contributed by atoms with Gasteiger partial charge in [-0.15, -0.1) is 0 Å². The van der Waals surface area contributed by atoms with E-state index in [1.54, 1.807) is 0 Å². The van der Waals surface area contributed by atoms with Gasteiger partial charge in [-0.1, -0.05) is 6.92 Å². The summed E-state index contributed by atoms with van der Waals surface area (Å²) in [6, 6.07) is 4.25. The first-order valence-electron chi connectivity index (χ1n) is 6.48. The summed E-state index contributed by atoms with van der Waals surface area (Å²) in [7, 11) is 0. The van der Waals surface area contributed by atoms with Gasteiger partial charge in [0.15, 0.2) is 0 Å². The highest BCUT2D eigenvalue weighted by Crippen LogP contribution is 2.35. The van der Waals surface area contributed by atoms with Crippen LogP contribution in [0.3, 0.4) is 0 Å². The van der Waals surface area contributed by atoms with Gasteiger partial charge in [-0.2, -0.15) is 0 Å². The monoisotopic (exact) mass is 393 g/mol. The number of halogens is 2. The molecule has 1 aromatic carbocycles. The number of benzene rings is 1. The van der Waals surface area contributed by atoms with Gasteiger partial charge >= 0.3 is 0 Å². The molecule has 1 rings (SSSR count). The number of nitrogens with two attached hydrogens (primary N) is 1. The number of hydrogen-bond donors (Lipinski definition) is 1. The quantitative estimate of drug-likeness (QED) is 0.680. The van der Waals surface area contributed by atoms with E-state index in [0.29, 0.717) is 13.2 Å². The standard InChI is InChI=1S/C14H21Br2NO2/c1-3-4-18-5-6-19-14-12(15)8-11(7-10(2)17)9-13(14)16/h8-10H,3-7,17H2,1-2H3. The summed E-state index contributed by atoms with van der Waals surface area (Å²) in [6.45, 7) is 6.01. The van der Waals surface area contributed by atoms with E-state index >= 15 is 0 Å². The van der Waals surface area contributed by atoms with Crippen LogP contribution in [-0.2, 0) is 11.2 Å². The van der Waals surface area contributed by atoms with Crippen molar-refractivity contribution < 1.29 is 9.47 Å². The molecule has 1 atom stereocenters. The van der Waals surface area contributed by atoms with Crippen molar-refractivity contribution >= 4 is 31.9 Å². The Balaban J connectivity index is 2.59. The van der Waals surface area contributed by atoms with Crippen molar-refractivity contribution in [2.75, 3.05) is 19.8 Å². The summed E-state index contributed by atoms with van der Waals surface area (Å²) in [5.74, 6) is 0.813. The van der Waals surface area contributed by atoms with Crippen LogP contribution >= 0.6 is 31.9 Å². The third-order valence-corrected chi connectivity index (χ3v) is 3.62. The van der Waals surface area contributed by atoms with E-state index in [4.69, 9.17) is 15.2 Å². The van der Waals surface area contributed by atoms with Gasteiger partial charge in [0.05, 0.1) is 15.6 Å². The maximum atomic E-state index is 5.81. The average molecular weight is 395 g/mol. The molecular formula is C14H21Br2NO2. The minimum Gasteiger partial charge on any atom is -0.489 e. The molecule has 0 saturated heterocycles. The Morgan fingerprint density at radius 2 is 1.79 bits per heavy atom. The number of rotatable bonds is 8. The van der Waals surface area contributed by atoms with Gasteiger partial charge < -0.3 is 15.2 Å². The summed E-state index contributed by atoms with van der Waals surface area (Å²) in [6.07, 6.45) is 1.87. The van der Waals surface area contributed by atoms with Crippen molar-refractivity contribution in [3.05, 3.63) is 26.6 Å². The predicted octanol–water partition coefficient (Wildman–Crippen LogP) is 3.91. The highest BCUT2D eigenvalue weighted by molar-refractivity contribution is 9.11. The molecule has 2 N–H and O–H groups in total. The van der Waals surface area contributed by atoms with Gasteiger partial charge in [0.25, 0.3) is 0 Å². The first kappa shape index (κ1) is 17.0. The van der Waals surface area contributed by atoms with Crippen molar-refractivity contribution in [3.63, 3.8) is 0 Å². The van der Waals surface area contributed by atoms with Crippen molar-refractivity contribution in [2.45, 2.75) is 32.7 Å². The Morgan fingerprint density at radius 1 is 1.16 bits per heavy atom. The molecule has 0 aliphatic heterocycles. The van der Waals surface area contributed by atoms with Crippen molar-refractivity contribution in [1.82, 2.24) is 0 Å². The van der Waals surface area contributed by atoms with Gasteiger partial charge in [0.1, 0.15) is 12.4 Å². The Hall–Kier alpha value is -0.100. The summed E-state index contributed by atoms with van der Waals surface area (Å²) in [5.41, 5.74) is 6.99. The number of hydrogen-bond acceptors (Lipinski definition) is 3. The molecule has 0 aromatic heterocycles. The van der Waals surface area contributed by atoms with E-state index in [-0.39, 0.29) is 6.04 Å². The van der Waals surface area contributed by atoms with Crippen LogP contribution in [0.2, 0.25) is 0 Å². The van der Waals surface area contributed by atoms with Crippen LogP contribution < -0.4 is 10.5 Å². The molecule has 0 spiro atoms. The molecule has 0 bridgehead atoms. The van der Waals surface area contributed by atoms with Crippen molar-refractivity contribution in [3.8, 4) is 5.75 Å². The lowest BCUT2D eigenvalue weighted by atomic mass is 10.1. The molecule has 5 heteroatoms. The summed E-state index contributed by atoms with van der Waals surface area (Å²) in [4.78, 5) is 0. The minimum atomic E-state index is 0.146. The maximum absolute atomic E-state index is 5.81. The highest BCUT2D eigenvalue weighted by atomic mass is 79.9. The molecule has 0 aliphatic rings. The molecule has 3 nitrogen and oxygen atoms in total. The van der Waals surface area contributed by atoms with Crippen LogP contribution in [0.25, 0.3) is 0 Å². The molecule has 0 saturated carbocycles. The fourth-order valence-corrected chi connectivity index (χ4v) is 3.20. The molecule has 0 aliphatic carbocycles. The molecule has 1 unspecified atom stereocenters. The normalized spacial score (nSPS) is 12.5. The average Bonchev–Trinajstić information content (AvgIpc) is 2.31. The zero-order valence-corrected chi connectivity index (χ0v) is 14.6. The lowest BCUT2D eigenvalue weighted by molar-refractivity contribution is 0.100. The predicted molar refractivity (Wildman–Crippen MR) is 85.8 cm³/mol. The first-order chi connectivity index (χ1) is 9.04. The number of ether oxygens (including phenoxy) is 2. The second-order valence-corrected chi connectivity index (χ2v) is 6.24. The Bertz CT molecular complexity index is 374. The van der Waals surface area contributed by atoms with E-state index < -0.39 is 0 Å². The van der Waals surface area contributed by atoms with Gasteiger partial charge in [-0.05, 0) is 69.3 Å². The third kappa shape index (κ3) is 6.25. The summed E-state index contributed by atoms with van der Waals surface area (Å²) in [5, 5.41) is 0. The fraction of sp³-hybridized carbons (Fsp3) is 0.571. The zero-order valence-electron chi connectivity index (χ0n) is 11.4. The lowest BCUT2D eigenvalue weighted by Crippen LogP contribution is -2.17. The Morgan fingerprint density at radius 3 is 2.32 bits per heavy atom. The van der Waals surface area contributed by atoms with Crippen LogP contribution in [0.1, 0.15) is 25.8 Å². The zero-order chi connectivity index (χ0) is 14.3. The van der Waals surface area contributed by atoms with Crippen LogP contribution in [0, 0.1) is 0 Å². The van der Waals surface area contributed by atoms with Crippen molar-refractivity contribution in [2.24, 2.45) is 5.73 Å². The van der Waals surface area contributed by atoms with Gasteiger partial charge in [0, 0.05) is 12.6 Å². The third-order valence-electron chi connectivity index (χ3n) is 2.44. The minimum absolute atomic E-state index is 0.146. The Labute approximate surface area is 132 Å². The topological polar surface area (TPSA) is 44.5 Å².